The second-order valence-electron chi connectivity index (χ2n) is 9.04. The maximum absolute atomic E-state index is 13.0. The first kappa shape index (κ1) is 23.0. The molecule has 0 N–H and O–H groups in total. The molecule has 2 unspecified atom stereocenters. The van der Waals surface area contributed by atoms with Crippen molar-refractivity contribution >= 4 is 53.5 Å². The number of esters is 1. The van der Waals surface area contributed by atoms with Crippen molar-refractivity contribution in [2.75, 3.05) is 0 Å². The van der Waals surface area contributed by atoms with Crippen LogP contribution in [0, 0.1) is 0 Å². The van der Waals surface area contributed by atoms with Gasteiger partial charge in [0.2, 0.25) is 0 Å². The molecule has 0 bridgehead atoms. The van der Waals surface area contributed by atoms with Crippen LogP contribution in [-0.4, -0.2) is 22.6 Å². The third-order valence-electron chi connectivity index (χ3n) is 6.88. The van der Waals surface area contributed by atoms with Gasteiger partial charge in [-0.15, -0.1) is 0 Å². The van der Waals surface area contributed by atoms with Crippen LogP contribution in [-0.2, 0) is 26.5 Å². The monoisotopic (exact) mass is 487 g/mol. The second-order valence-corrected chi connectivity index (χ2v) is 9.68. The van der Waals surface area contributed by atoms with E-state index in [1.165, 1.54) is 21.5 Å². The standard InChI is InChI=1S/C30H28O3.V/c1-5-18(3)32-17-20-13-14-25-23-11-8-12-24-27(30(31)33-19(4)6-2)16-15-26(29(23)24)22-10-7-9-21(20)28(22)25;/h7-16,18-19H,5-6H2,1-4H3;. The molecule has 0 spiro atoms. The first-order valence-corrected chi connectivity index (χ1v) is 12.7. The van der Waals surface area contributed by atoms with E-state index in [-0.39, 0.29) is 18.2 Å². The van der Waals surface area contributed by atoms with Gasteiger partial charge in [0.25, 0.3) is 0 Å². The molecule has 0 aliphatic rings. The van der Waals surface area contributed by atoms with Gasteiger partial charge in [0.15, 0.2) is 0 Å². The molecule has 0 amide bonds. The molecule has 0 saturated carbocycles. The van der Waals surface area contributed by atoms with E-state index in [1.54, 1.807) is 0 Å². The molecule has 5 rings (SSSR count). The van der Waals surface area contributed by atoms with Crippen LogP contribution in [0.2, 0.25) is 0 Å². The zero-order chi connectivity index (χ0) is 24.0. The fraction of sp³-hybridized carbons (Fsp3) is 0.267. The van der Waals surface area contributed by atoms with E-state index in [0.717, 1.165) is 44.4 Å². The van der Waals surface area contributed by atoms with Gasteiger partial charge in [-0.1, -0.05) is 6.92 Å². The number of ether oxygens (including phenoxy) is 2. The van der Waals surface area contributed by atoms with Crippen molar-refractivity contribution in [1.82, 2.24) is 0 Å². The summed E-state index contributed by atoms with van der Waals surface area (Å²) in [6.07, 6.45) is 1.80. The summed E-state index contributed by atoms with van der Waals surface area (Å²) in [5, 5.41) is 9.12. The fourth-order valence-corrected chi connectivity index (χ4v) is 5.33. The van der Waals surface area contributed by atoms with Crippen LogP contribution >= 0.6 is 0 Å². The van der Waals surface area contributed by atoms with Crippen LogP contribution in [0.5, 0.6) is 0 Å². The summed E-state index contributed by atoms with van der Waals surface area (Å²) in [4.78, 5) is 13.0. The first-order chi connectivity index (χ1) is 16.4. The molecule has 5 aromatic carbocycles. The van der Waals surface area contributed by atoms with Crippen molar-refractivity contribution in [1.29, 1.82) is 0 Å². The molecule has 171 valence electrons. The van der Waals surface area contributed by atoms with E-state index < -0.39 is 0 Å². The average Bonchev–Trinajstić information content (AvgIpc) is 2.86. The van der Waals surface area contributed by atoms with E-state index >= 15 is 0 Å². The normalized spacial score (nSPS) is 13.6. The Kier molecular flexibility index (Phi) is 6.20. The van der Waals surface area contributed by atoms with Crippen molar-refractivity contribution in [3.05, 3.63) is 71.8 Å². The molecular weight excluding hydrogens is 459 g/mol. The van der Waals surface area contributed by atoms with Crippen molar-refractivity contribution in [3.8, 4) is 0 Å². The number of fused-ring (bicyclic) bond motifs is 2. The van der Waals surface area contributed by atoms with Gasteiger partial charge in [-0.2, -0.15) is 0 Å². The van der Waals surface area contributed by atoms with Gasteiger partial charge in [0, 0.05) is 0 Å². The summed E-state index contributed by atoms with van der Waals surface area (Å²) in [5.74, 6) is -0.261. The molecule has 3 nitrogen and oxygen atoms in total. The summed E-state index contributed by atoms with van der Waals surface area (Å²) in [5.41, 5.74) is 1.72. The zero-order valence-electron chi connectivity index (χ0n) is 20.0. The molecule has 0 aliphatic carbocycles. The third-order valence-corrected chi connectivity index (χ3v) is 7.42. The van der Waals surface area contributed by atoms with Gasteiger partial charge < -0.3 is 0 Å². The number of hydrogen-bond donors (Lipinski definition) is 0. The number of carbonyl (C=O) groups excluding carboxylic acids is 1. The van der Waals surface area contributed by atoms with Gasteiger partial charge in [0.05, 0.1) is 0 Å². The van der Waals surface area contributed by atoms with Gasteiger partial charge in [-0.05, 0) is 13.3 Å². The van der Waals surface area contributed by atoms with E-state index in [9.17, 15) is 4.79 Å². The van der Waals surface area contributed by atoms with Gasteiger partial charge in [-0.3, -0.25) is 0 Å². The summed E-state index contributed by atoms with van der Waals surface area (Å²) in [6.45, 7) is 8.18. The predicted molar refractivity (Wildman–Crippen MR) is 138 cm³/mol. The summed E-state index contributed by atoms with van der Waals surface area (Å²) in [7, 11) is 0. The number of carbonyl (C=O) groups is 1. The number of benzene rings is 5. The molecule has 4 heteroatoms. The summed E-state index contributed by atoms with van der Waals surface area (Å²) in [6, 6.07) is 21.0. The second kappa shape index (κ2) is 9.15. The van der Waals surface area contributed by atoms with Crippen LogP contribution in [0.1, 0.15) is 56.5 Å². The predicted octanol–water partition coefficient (Wildman–Crippen LogP) is 7.53. The SMILES string of the molecule is CCC(C)OC(=O)c1ccc2c3cccc4c([C](=[V])OC(C)CC)ccc(c5cccc1c25)c43. The summed E-state index contributed by atoms with van der Waals surface area (Å²) >= 11 is 2.60. The van der Waals surface area contributed by atoms with Crippen molar-refractivity contribution in [2.24, 2.45) is 0 Å². The molecule has 0 saturated heterocycles. The van der Waals surface area contributed by atoms with Crippen molar-refractivity contribution in [3.63, 3.8) is 0 Å². The first-order valence-electron chi connectivity index (χ1n) is 12.0. The van der Waals surface area contributed by atoms with Crippen LogP contribution in [0.4, 0.5) is 0 Å². The number of rotatable bonds is 7. The van der Waals surface area contributed by atoms with Gasteiger partial charge in [0.1, 0.15) is 0 Å². The van der Waals surface area contributed by atoms with Crippen molar-refractivity contribution < 1.29 is 31.2 Å². The number of hydrogen-bond acceptors (Lipinski definition) is 3. The third kappa shape index (κ3) is 3.73. The zero-order valence-corrected chi connectivity index (χ0v) is 21.4. The fourth-order valence-electron chi connectivity index (χ4n) is 4.74. The molecule has 5 aromatic rings. The van der Waals surface area contributed by atoms with Crippen LogP contribution in [0.15, 0.2) is 60.7 Å². The van der Waals surface area contributed by atoms with E-state index in [1.807, 2.05) is 32.0 Å². The molecule has 2 atom stereocenters. The Hall–Kier alpha value is -2.72. The Balaban J connectivity index is 1.79. The quantitative estimate of drug-likeness (QED) is 0.135. The molecule has 0 fully saturated rings. The van der Waals surface area contributed by atoms with Gasteiger partial charge in [-0.25, -0.2) is 0 Å². The molecule has 34 heavy (non-hydrogen) atoms. The minimum atomic E-state index is -0.261. The van der Waals surface area contributed by atoms with Crippen LogP contribution < -0.4 is 0 Å². The Morgan fingerprint density at radius 2 is 1.12 bits per heavy atom. The van der Waals surface area contributed by atoms with E-state index in [0.29, 0.717) is 5.56 Å². The Morgan fingerprint density at radius 1 is 0.676 bits per heavy atom. The molecule has 0 heterocycles. The van der Waals surface area contributed by atoms with Crippen molar-refractivity contribution in [2.45, 2.75) is 52.7 Å². The Bertz CT molecular complexity index is 1410. The topological polar surface area (TPSA) is 35.5 Å². The maximum atomic E-state index is 13.0. The Morgan fingerprint density at radius 3 is 1.68 bits per heavy atom. The Labute approximate surface area is 208 Å². The molecular formula is C30H28O3V. The molecule has 0 aromatic heterocycles. The van der Waals surface area contributed by atoms with Crippen LogP contribution in [0.25, 0.3) is 43.1 Å². The van der Waals surface area contributed by atoms with E-state index in [4.69, 9.17) is 9.47 Å². The van der Waals surface area contributed by atoms with Gasteiger partial charge >= 0.3 is 189 Å². The van der Waals surface area contributed by atoms with Crippen LogP contribution in [0.3, 0.4) is 0 Å². The summed E-state index contributed by atoms with van der Waals surface area (Å²) < 4.78 is 12.7. The minimum absolute atomic E-state index is 0.109. The van der Waals surface area contributed by atoms with E-state index in [2.05, 4.69) is 73.3 Å². The molecule has 0 radical (unpaired) electrons. The average molecular weight is 487 g/mol. The molecule has 0 aliphatic heterocycles.